The van der Waals surface area contributed by atoms with Gasteiger partial charge in [-0.3, -0.25) is 9.69 Å². The minimum Gasteiger partial charge on any atom is -0.337 e. The van der Waals surface area contributed by atoms with Crippen molar-refractivity contribution in [2.45, 2.75) is 31.8 Å². The Morgan fingerprint density at radius 3 is 3.09 bits per heavy atom. The van der Waals surface area contributed by atoms with Crippen LogP contribution in [-0.4, -0.2) is 35.3 Å². The van der Waals surface area contributed by atoms with Crippen molar-refractivity contribution in [3.63, 3.8) is 0 Å². The van der Waals surface area contributed by atoms with Gasteiger partial charge in [0.25, 0.3) is 0 Å². The molecule has 2 aromatic rings. The number of hydrogen-bond acceptors (Lipinski definition) is 4. The van der Waals surface area contributed by atoms with Gasteiger partial charge >= 0.3 is 0 Å². The van der Waals surface area contributed by atoms with Crippen molar-refractivity contribution < 1.29 is 4.79 Å². The van der Waals surface area contributed by atoms with Gasteiger partial charge in [0.2, 0.25) is 5.91 Å². The lowest BCUT2D eigenvalue weighted by molar-refractivity contribution is -0.133. The van der Waals surface area contributed by atoms with Gasteiger partial charge in [0.05, 0.1) is 6.54 Å². The van der Waals surface area contributed by atoms with E-state index in [2.05, 4.69) is 33.2 Å². The van der Waals surface area contributed by atoms with Crippen LogP contribution < -0.4 is 0 Å². The summed E-state index contributed by atoms with van der Waals surface area (Å²) >= 11 is 3.57. The number of thiophene rings is 2. The summed E-state index contributed by atoms with van der Waals surface area (Å²) < 4.78 is 0. The summed E-state index contributed by atoms with van der Waals surface area (Å²) in [4.78, 5) is 18.6. The zero-order chi connectivity index (χ0) is 14.9. The quantitative estimate of drug-likeness (QED) is 0.858. The fourth-order valence-electron chi connectivity index (χ4n) is 3.59. The van der Waals surface area contributed by atoms with E-state index < -0.39 is 0 Å². The Labute approximate surface area is 139 Å². The van der Waals surface area contributed by atoms with E-state index in [0.29, 0.717) is 18.5 Å². The third-order valence-electron chi connectivity index (χ3n) is 4.79. The summed E-state index contributed by atoms with van der Waals surface area (Å²) in [5.74, 6) is 0.291. The number of amides is 1. The van der Waals surface area contributed by atoms with Crippen LogP contribution in [0, 0.1) is 0 Å². The summed E-state index contributed by atoms with van der Waals surface area (Å²) in [7, 11) is 0. The van der Waals surface area contributed by atoms with Crippen LogP contribution in [0.15, 0.2) is 28.3 Å². The minimum atomic E-state index is 0.291. The highest BCUT2D eigenvalue weighted by atomic mass is 32.1. The second kappa shape index (κ2) is 6.14. The third-order valence-corrected chi connectivity index (χ3v) is 6.51. The number of hydrogen-bond donors (Lipinski definition) is 0. The van der Waals surface area contributed by atoms with E-state index in [-0.39, 0.29) is 0 Å². The summed E-state index contributed by atoms with van der Waals surface area (Å²) in [6, 6.07) is 4.82. The Morgan fingerprint density at radius 1 is 1.27 bits per heavy atom. The maximum atomic E-state index is 12.7. The first kappa shape index (κ1) is 14.4. The third kappa shape index (κ3) is 2.73. The zero-order valence-corrected chi connectivity index (χ0v) is 14.2. The van der Waals surface area contributed by atoms with E-state index in [1.165, 1.54) is 28.8 Å². The van der Waals surface area contributed by atoms with Gasteiger partial charge in [-0.25, -0.2) is 0 Å². The molecular weight excluding hydrogens is 312 g/mol. The first-order valence-electron chi connectivity index (χ1n) is 7.90. The van der Waals surface area contributed by atoms with Crippen molar-refractivity contribution in [2.24, 2.45) is 0 Å². The van der Waals surface area contributed by atoms with Crippen LogP contribution in [0.5, 0.6) is 0 Å². The Hall–Kier alpha value is -1.17. The van der Waals surface area contributed by atoms with E-state index in [1.54, 1.807) is 11.3 Å². The summed E-state index contributed by atoms with van der Waals surface area (Å²) in [5, 5.41) is 6.51. The SMILES string of the molecule is O=C(CN1CCC[C@@H]1c1ccsc1)N1CCc2sccc2C1. The van der Waals surface area contributed by atoms with Gasteiger partial charge in [-0.15, -0.1) is 11.3 Å². The van der Waals surface area contributed by atoms with E-state index in [9.17, 15) is 4.79 Å². The zero-order valence-electron chi connectivity index (χ0n) is 12.5. The molecular formula is C17H20N2OS2. The maximum absolute atomic E-state index is 12.7. The maximum Gasteiger partial charge on any atom is 0.237 e. The molecule has 22 heavy (non-hydrogen) atoms. The van der Waals surface area contributed by atoms with Crippen molar-refractivity contribution in [3.8, 4) is 0 Å². The molecule has 0 saturated carbocycles. The van der Waals surface area contributed by atoms with Crippen molar-refractivity contribution >= 4 is 28.6 Å². The summed E-state index contributed by atoms with van der Waals surface area (Å²) in [5.41, 5.74) is 2.73. The van der Waals surface area contributed by atoms with Crippen LogP contribution in [0.2, 0.25) is 0 Å². The topological polar surface area (TPSA) is 23.6 Å². The molecule has 0 spiro atoms. The molecule has 0 aromatic carbocycles. The van der Waals surface area contributed by atoms with Crippen LogP contribution in [0.1, 0.15) is 34.9 Å². The van der Waals surface area contributed by atoms with Gasteiger partial charge in [-0.1, -0.05) is 0 Å². The van der Waals surface area contributed by atoms with E-state index in [0.717, 1.165) is 26.1 Å². The molecule has 0 bridgehead atoms. The molecule has 4 rings (SSSR count). The Balaban J connectivity index is 1.42. The smallest absolute Gasteiger partial charge is 0.237 e. The van der Waals surface area contributed by atoms with Crippen molar-refractivity contribution in [2.75, 3.05) is 19.6 Å². The lowest BCUT2D eigenvalue weighted by Crippen LogP contribution is -2.42. The highest BCUT2D eigenvalue weighted by Crippen LogP contribution is 2.33. The highest BCUT2D eigenvalue weighted by Gasteiger charge is 2.30. The van der Waals surface area contributed by atoms with E-state index >= 15 is 0 Å². The summed E-state index contributed by atoms with van der Waals surface area (Å²) in [6.45, 7) is 3.29. The first-order valence-corrected chi connectivity index (χ1v) is 9.72. The number of fused-ring (bicyclic) bond motifs is 1. The van der Waals surface area contributed by atoms with Crippen molar-refractivity contribution in [1.29, 1.82) is 0 Å². The number of nitrogens with zero attached hydrogens (tertiary/aromatic N) is 2. The van der Waals surface area contributed by atoms with Crippen LogP contribution in [0.25, 0.3) is 0 Å². The molecule has 0 unspecified atom stereocenters. The molecule has 1 fully saturated rings. The van der Waals surface area contributed by atoms with Crippen molar-refractivity contribution in [1.82, 2.24) is 9.80 Å². The van der Waals surface area contributed by atoms with Gasteiger partial charge in [-0.05, 0) is 65.2 Å². The van der Waals surface area contributed by atoms with Gasteiger partial charge in [0, 0.05) is 24.0 Å². The van der Waals surface area contributed by atoms with Crippen LogP contribution in [0.4, 0.5) is 0 Å². The first-order chi connectivity index (χ1) is 10.8. The van der Waals surface area contributed by atoms with Gasteiger partial charge in [-0.2, -0.15) is 11.3 Å². The normalized spacial score (nSPS) is 22.0. The molecule has 5 heteroatoms. The molecule has 2 aliphatic heterocycles. The minimum absolute atomic E-state index is 0.291. The Bertz CT molecular complexity index is 649. The Morgan fingerprint density at radius 2 is 2.23 bits per heavy atom. The molecule has 116 valence electrons. The fraction of sp³-hybridized carbons (Fsp3) is 0.471. The molecule has 2 aromatic heterocycles. The lowest BCUT2D eigenvalue weighted by Gasteiger charge is -2.30. The number of likely N-dealkylation sites (tertiary alicyclic amines) is 1. The molecule has 4 heterocycles. The van der Waals surface area contributed by atoms with E-state index in [1.807, 2.05) is 16.2 Å². The monoisotopic (exact) mass is 332 g/mol. The van der Waals surface area contributed by atoms with E-state index in [4.69, 9.17) is 0 Å². The molecule has 1 saturated heterocycles. The number of carbonyl (C=O) groups excluding carboxylic acids is 1. The predicted molar refractivity (Wildman–Crippen MR) is 91.3 cm³/mol. The molecule has 3 nitrogen and oxygen atoms in total. The fourth-order valence-corrected chi connectivity index (χ4v) is 5.19. The van der Waals surface area contributed by atoms with Crippen LogP contribution in [-0.2, 0) is 17.8 Å². The molecule has 0 radical (unpaired) electrons. The molecule has 0 N–H and O–H groups in total. The predicted octanol–water partition coefficient (Wildman–Crippen LogP) is 3.53. The average Bonchev–Trinajstić information content (AvgIpc) is 3.27. The van der Waals surface area contributed by atoms with Crippen molar-refractivity contribution in [3.05, 3.63) is 44.3 Å². The molecule has 1 amide bonds. The largest absolute Gasteiger partial charge is 0.337 e. The van der Waals surface area contributed by atoms with Gasteiger partial charge < -0.3 is 4.90 Å². The second-order valence-electron chi connectivity index (χ2n) is 6.12. The molecule has 0 aliphatic carbocycles. The van der Waals surface area contributed by atoms with Crippen LogP contribution in [0.3, 0.4) is 0 Å². The van der Waals surface area contributed by atoms with Gasteiger partial charge in [0.15, 0.2) is 0 Å². The van der Waals surface area contributed by atoms with Gasteiger partial charge in [0.1, 0.15) is 0 Å². The Kier molecular flexibility index (Phi) is 4.03. The molecule has 2 aliphatic rings. The number of rotatable bonds is 3. The molecule has 1 atom stereocenters. The highest BCUT2D eigenvalue weighted by molar-refractivity contribution is 7.10. The number of carbonyl (C=O) groups is 1. The summed E-state index contributed by atoms with van der Waals surface area (Å²) in [6.07, 6.45) is 3.40. The second-order valence-corrected chi connectivity index (χ2v) is 7.90. The average molecular weight is 332 g/mol. The lowest BCUT2D eigenvalue weighted by atomic mass is 10.1. The van der Waals surface area contributed by atoms with Crippen LogP contribution >= 0.6 is 22.7 Å². The standard InChI is InChI=1S/C17H20N2OS2/c20-17(19-7-3-16-13(10-19)5-9-22-16)11-18-6-1-2-15(18)14-4-8-21-12-14/h4-5,8-9,12,15H,1-3,6-7,10-11H2/t15-/m1/s1.